The molecule has 0 saturated carbocycles. The highest BCUT2D eigenvalue weighted by Gasteiger charge is 2.39. The number of benzene rings is 1. The number of rotatable bonds is 4. The second-order valence-corrected chi connectivity index (χ2v) is 5.53. The van der Waals surface area contributed by atoms with Gasteiger partial charge in [0.2, 0.25) is 5.91 Å². The number of hydrogen-bond acceptors (Lipinski definition) is 5. The largest absolute Gasteiger partial charge is 0.502 e. The van der Waals surface area contributed by atoms with E-state index in [4.69, 9.17) is 0 Å². The number of carbonyl (C=O) groups excluding carboxylic acids is 3. The van der Waals surface area contributed by atoms with Crippen LogP contribution < -0.4 is 5.32 Å². The van der Waals surface area contributed by atoms with Crippen molar-refractivity contribution in [2.24, 2.45) is 0 Å². The van der Waals surface area contributed by atoms with Crippen LogP contribution in [0.2, 0.25) is 0 Å². The van der Waals surface area contributed by atoms with Gasteiger partial charge in [0, 0.05) is 25.0 Å². The smallest absolute Gasteiger partial charge is 0.296 e. The molecule has 25 heavy (non-hydrogen) atoms. The molecule has 2 heterocycles. The third-order valence-electron chi connectivity index (χ3n) is 3.73. The average Bonchev–Trinajstić information content (AvgIpc) is 2.80. The lowest BCUT2D eigenvalue weighted by Gasteiger charge is -2.14. The molecule has 1 aliphatic rings. The van der Waals surface area contributed by atoms with Crippen molar-refractivity contribution < 1.29 is 19.5 Å². The zero-order chi connectivity index (χ0) is 18.0. The number of pyridine rings is 1. The van der Waals surface area contributed by atoms with Gasteiger partial charge in [-0.2, -0.15) is 0 Å². The van der Waals surface area contributed by atoms with E-state index in [1.54, 1.807) is 48.8 Å². The lowest BCUT2D eigenvalue weighted by Crippen LogP contribution is -2.31. The molecule has 0 unspecified atom stereocenters. The van der Waals surface area contributed by atoms with E-state index in [1.807, 2.05) is 0 Å². The standard InChI is InChI=1S/C18H15N3O4/c1-11(22)20-14-4-2-13(3-5-14)15-16(23)18(25)21(17(15)24)10-12-6-8-19-9-7-12/h2-9,23H,10H2,1H3,(H,20,22). The summed E-state index contributed by atoms with van der Waals surface area (Å²) in [4.78, 5) is 40.8. The maximum absolute atomic E-state index is 12.6. The summed E-state index contributed by atoms with van der Waals surface area (Å²) in [5.41, 5.74) is 1.64. The lowest BCUT2D eigenvalue weighted by molar-refractivity contribution is -0.138. The summed E-state index contributed by atoms with van der Waals surface area (Å²) in [6, 6.07) is 9.71. The molecule has 1 aliphatic heterocycles. The molecular formula is C18H15N3O4. The summed E-state index contributed by atoms with van der Waals surface area (Å²) >= 11 is 0. The fourth-order valence-electron chi connectivity index (χ4n) is 2.56. The Morgan fingerprint density at radius 1 is 1.08 bits per heavy atom. The maximum Gasteiger partial charge on any atom is 0.296 e. The van der Waals surface area contributed by atoms with Gasteiger partial charge in [0.05, 0.1) is 12.1 Å². The van der Waals surface area contributed by atoms with Crippen molar-refractivity contribution in [3.8, 4) is 0 Å². The van der Waals surface area contributed by atoms with E-state index in [0.29, 0.717) is 11.3 Å². The third-order valence-corrected chi connectivity index (χ3v) is 3.73. The minimum Gasteiger partial charge on any atom is -0.502 e. The number of aromatic nitrogens is 1. The van der Waals surface area contributed by atoms with Crippen LogP contribution in [0.3, 0.4) is 0 Å². The topological polar surface area (TPSA) is 99.6 Å². The van der Waals surface area contributed by atoms with Crippen molar-refractivity contribution in [1.82, 2.24) is 9.88 Å². The van der Waals surface area contributed by atoms with Gasteiger partial charge in [-0.3, -0.25) is 24.3 Å². The van der Waals surface area contributed by atoms with E-state index in [9.17, 15) is 19.5 Å². The Balaban J connectivity index is 1.85. The lowest BCUT2D eigenvalue weighted by atomic mass is 10.1. The van der Waals surface area contributed by atoms with Crippen molar-refractivity contribution in [2.75, 3.05) is 5.32 Å². The predicted molar refractivity (Wildman–Crippen MR) is 90.1 cm³/mol. The first-order chi connectivity index (χ1) is 12.0. The molecule has 3 rings (SSSR count). The maximum atomic E-state index is 12.6. The van der Waals surface area contributed by atoms with Gasteiger partial charge >= 0.3 is 0 Å². The number of imide groups is 1. The number of nitrogens with zero attached hydrogens (tertiary/aromatic N) is 2. The molecular weight excluding hydrogens is 322 g/mol. The Kier molecular flexibility index (Phi) is 4.30. The second-order valence-electron chi connectivity index (χ2n) is 5.53. The highest BCUT2D eigenvalue weighted by atomic mass is 16.3. The fraction of sp³-hybridized carbons (Fsp3) is 0.111. The third kappa shape index (κ3) is 3.25. The highest BCUT2D eigenvalue weighted by molar-refractivity contribution is 6.34. The van der Waals surface area contributed by atoms with Gasteiger partial charge in [-0.25, -0.2) is 0 Å². The second kappa shape index (κ2) is 6.56. The molecule has 7 nitrogen and oxygen atoms in total. The summed E-state index contributed by atoms with van der Waals surface area (Å²) in [6.45, 7) is 1.44. The molecule has 0 saturated heterocycles. The summed E-state index contributed by atoms with van der Waals surface area (Å²) in [5.74, 6) is -2.09. The number of anilines is 1. The van der Waals surface area contributed by atoms with Crippen LogP contribution in [0.1, 0.15) is 18.1 Å². The van der Waals surface area contributed by atoms with E-state index < -0.39 is 17.6 Å². The fourth-order valence-corrected chi connectivity index (χ4v) is 2.56. The summed E-state index contributed by atoms with van der Waals surface area (Å²) in [6.07, 6.45) is 3.13. The van der Waals surface area contributed by atoms with Crippen LogP contribution in [0.5, 0.6) is 0 Å². The number of nitrogens with one attached hydrogen (secondary N) is 1. The zero-order valence-corrected chi connectivity index (χ0v) is 13.4. The summed E-state index contributed by atoms with van der Waals surface area (Å²) in [7, 11) is 0. The van der Waals surface area contributed by atoms with Crippen LogP contribution in [0.15, 0.2) is 54.6 Å². The van der Waals surface area contributed by atoms with E-state index in [1.165, 1.54) is 6.92 Å². The highest BCUT2D eigenvalue weighted by Crippen LogP contribution is 2.29. The van der Waals surface area contributed by atoms with E-state index >= 15 is 0 Å². The Hall–Kier alpha value is -3.48. The van der Waals surface area contributed by atoms with E-state index in [0.717, 1.165) is 10.5 Å². The van der Waals surface area contributed by atoms with Gasteiger partial charge in [0.1, 0.15) is 0 Å². The van der Waals surface area contributed by atoms with E-state index in [-0.39, 0.29) is 18.0 Å². The van der Waals surface area contributed by atoms with Crippen molar-refractivity contribution in [1.29, 1.82) is 0 Å². The Morgan fingerprint density at radius 3 is 2.32 bits per heavy atom. The number of amides is 3. The minimum atomic E-state index is -0.734. The minimum absolute atomic E-state index is 0.0477. The molecule has 7 heteroatoms. The molecule has 0 radical (unpaired) electrons. The molecule has 0 bridgehead atoms. The first-order valence-corrected chi connectivity index (χ1v) is 7.53. The molecule has 126 valence electrons. The normalized spacial score (nSPS) is 14.2. The molecule has 0 fully saturated rings. The molecule has 2 aromatic rings. The van der Waals surface area contributed by atoms with Gasteiger partial charge in [0.25, 0.3) is 11.8 Å². The predicted octanol–water partition coefficient (Wildman–Crippen LogP) is 1.88. The van der Waals surface area contributed by atoms with Crippen molar-refractivity contribution >= 4 is 29.0 Å². The van der Waals surface area contributed by atoms with Crippen LogP contribution in [-0.4, -0.2) is 32.7 Å². The molecule has 0 spiro atoms. The Bertz CT molecular complexity index is 873. The van der Waals surface area contributed by atoms with Crippen LogP contribution >= 0.6 is 0 Å². The zero-order valence-electron chi connectivity index (χ0n) is 13.4. The molecule has 0 atom stereocenters. The number of hydrogen-bond donors (Lipinski definition) is 2. The average molecular weight is 337 g/mol. The van der Waals surface area contributed by atoms with Crippen LogP contribution in [-0.2, 0) is 20.9 Å². The van der Waals surface area contributed by atoms with Crippen LogP contribution in [0, 0.1) is 0 Å². The number of aliphatic hydroxyl groups is 1. The molecule has 1 aromatic heterocycles. The van der Waals surface area contributed by atoms with Crippen LogP contribution in [0.25, 0.3) is 5.57 Å². The summed E-state index contributed by atoms with van der Waals surface area (Å²) < 4.78 is 0. The quantitative estimate of drug-likeness (QED) is 0.830. The van der Waals surface area contributed by atoms with Crippen molar-refractivity contribution in [3.05, 3.63) is 65.7 Å². The van der Waals surface area contributed by atoms with E-state index in [2.05, 4.69) is 10.3 Å². The monoisotopic (exact) mass is 337 g/mol. The van der Waals surface area contributed by atoms with Crippen LogP contribution in [0.4, 0.5) is 5.69 Å². The Labute approximate surface area is 143 Å². The van der Waals surface area contributed by atoms with Gasteiger partial charge in [-0.05, 0) is 35.4 Å². The first-order valence-electron chi connectivity index (χ1n) is 7.53. The number of carbonyl (C=O) groups is 3. The first kappa shape index (κ1) is 16.4. The van der Waals surface area contributed by atoms with Crippen molar-refractivity contribution in [2.45, 2.75) is 13.5 Å². The van der Waals surface area contributed by atoms with Gasteiger partial charge < -0.3 is 10.4 Å². The Morgan fingerprint density at radius 2 is 1.72 bits per heavy atom. The summed E-state index contributed by atoms with van der Waals surface area (Å²) in [5, 5.41) is 12.7. The van der Waals surface area contributed by atoms with Crippen molar-refractivity contribution in [3.63, 3.8) is 0 Å². The van der Waals surface area contributed by atoms with Gasteiger partial charge in [-0.15, -0.1) is 0 Å². The van der Waals surface area contributed by atoms with Gasteiger partial charge in [0.15, 0.2) is 5.76 Å². The molecule has 1 aromatic carbocycles. The number of aliphatic hydroxyl groups excluding tert-OH is 1. The molecule has 0 aliphatic carbocycles. The van der Waals surface area contributed by atoms with Gasteiger partial charge in [-0.1, -0.05) is 12.1 Å². The molecule has 2 N–H and O–H groups in total. The molecule has 3 amide bonds. The SMILES string of the molecule is CC(=O)Nc1ccc(C2=C(O)C(=O)N(Cc3ccncc3)C2=O)cc1.